The van der Waals surface area contributed by atoms with Gasteiger partial charge in [-0.2, -0.15) is 0 Å². The van der Waals surface area contributed by atoms with Gasteiger partial charge in [0.25, 0.3) is 0 Å². The lowest BCUT2D eigenvalue weighted by Crippen LogP contribution is -2.27. The molecule has 176 valence electrons. The Bertz CT molecular complexity index is 1240. The molecule has 1 heterocycles. The molecule has 1 aromatic heterocycles. The standard InChI is InChI=1S/C27H29N3O3S/c31-27(29-32)10-6-1-2-7-19-30(34(33)25-8-4-3-5-9-25)24-15-13-21(14-16-24)23-12-11-22-17-18-28-26(22)20-23/h3-5,8-9,11-18,20,28,32H,1-2,6-7,10,19H2,(H,29,31). The summed E-state index contributed by atoms with van der Waals surface area (Å²) in [5, 5.41) is 9.78. The SMILES string of the molecule is O=C(CCCCCCN(c1ccc(-c2ccc3cc[nH]c3c2)cc1)S(=O)c1ccccc1)NO. The monoisotopic (exact) mass is 475 g/mol. The molecule has 3 aromatic carbocycles. The maximum absolute atomic E-state index is 13.4. The van der Waals surface area contributed by atoms with Crippen LogP contribution in [0.1, 0.15) is 32.1 Å². The van der Waals surface area contributed by atoms with E-state index in [9.17, 15) is 9.00 Å². The van der Waals surface area contributed by atoms with Crippen molar-refractivity contribution < 1.29 is 14.2 Å². The van der Waals surface area contributed by atoms with Crippen LogP contribution in [0, 0.1) is 0 Å². The van der Waals surface area contributed by atoms with Crippen molar-refractivity contribution in [3.05, 3.63) is 85.1 Å². The second kappa shape index (κ2) is 11.6. The molecule has 1 unspecified atom stereocenters. The van der Waals surface area contributed by atoms with Crippen molar-refractivity contribution >= 4 is 33.5 Å². The number of nitrogens with zero attached hydrogens (tertiary/aromatic N) is 1. The van der Waals surface area contributed by atoms with Crippen LogP contribution in [0.4, 0.5) is 5.69 Å². The fraction of sp³-hybridized carbons (Fsp3) is 0.222. The molecule has 1 amide bonds. The van der Waals surface area contributed by atoms with Gasteiger partial charge < -0.3 is 4.98 Å². The number of carbonyl (C=O) groups is 1. The van der Waals surface area contributed by atoms with Gasteiger partial charge in [0.2, 0.25) is 5.91 Å². The molecular formula is C27H29N3O3S. The molecule has 1 atom stereocenters. The molecule has 0 saturated heterocycles. The van der Waals surface area contributed by atoms with Gasteiger partial charge in [-0.25, -0.2) is 9.69 Å². The Morgan fingerprint density at radius 2 is 1.62 bits per heavy atom. The number of aromatic amines is 1. The third kappa shape index (κ3) is 5.92. The smallest absolute Gasteiger partial charge is 0.243 e. The van der Waals surface area contributed by atoms with E-state index < -0.39 is 11.0 Å². The van der Waals surface area contributed by atoms with Crippen LogP contribution in [-0.2, 0) is 15.8 Å². The molecule has 0 bridgehead atoms. The first kappa shape index (κ1) is 23.7. The minimum atomic E-state index is -1.32. The first-order chi connectivity index (χ1) is 16.7. The second-order valence-electron chi connectivity index (χ2n) is 8.19. The number of hydrogen-bond acceptors (Lipinski definition) is 3. The van der Waals surface area contributed by atoms with Gasteiger partial charge in [-0.3, -0.25) is 14.3 Å². The number of nitrogens with one attached hydrogen (secondary N) is 2. The van der Waals surface area contributed by atoms with Crippen molar-refractivity contribution in [2.24, 2.45) is 0 Å². The lowest BCUT2D eigenvalue weighted by Gasteiger charge is -2.24. The molecule has 0 aliphatic carbocycles. The van der Waals surface area contributed by atoms with Crippen LogP contribution in [0.15, 0.2) is 90.0 Å². The normalized spacial score (nSPS) is 11.9. The number of anilines is 1. The second-order valence-corrected chi connectivity index (χ2v) is 9.60. The Balaban J connectivity index is 1.47. The molecule has 0 saturated carbocycles. The predicted octanol–water partition coefficient (Wildman–Crippen LogP) is 5.82. The molecule has 7 heteroatoms. The molecule has 0 spiro atoms. The maximum Gasteiger partial charge on any atom is 0.243 e. The molecule has 34 heavy (non-hydrogen) atoms. The van der Waals surface area contributed by atoms with Gasteiger partial charge in [0.15, 0.2) is 11.0 Å². The van der Waals surface area contributed by atoms with Gasteiger partial charge >= 0.3 is 0 Å². The van der Waals surface area contributed by atoms with Crippen molar-refractivity contribution in [3.8, 4) is 11.1 Å². The Kier molecular flexibility index (Phi) is 8.12. The predicted molar refractivity (Wildman–Crippen MR) is 137 cm³/mol. The molecule has 6 nitrogen and oxygen atoms in total. The fourth-order valence-corrected chi connectivity index (χ4v) is 5.22. The fourth-order valence-electron chi connectivity index (χ4n) is 3.97. The summed E-state index contributed by atoms with van der Waals surface area (Å²) in [6, 6.07) is 26.1. The van der Waals surface area contributed by atoms with Crippen LogP contribution >= 0.6 is 0 Å². The summed E-state index contributed by atoms with van der Waals surface area (Å²) in [4.78, 5) is 15.2. The summed E-state index contributed by atoms with van der Waals surface area (Å²) in [5.41, 5.74) is 5.91. The zero-order valence-electron chi connectivity index (χ0n) is 18.9. The zero-order valence-corrected chi connectivity index (χ0v) is 19.8. The van der Waals surface area contributed by atoms with Crippen molar-refractivity contribution in [1.82, 2.24) is 10.5 Å². The van der Waals surface area contributed by atoms with E-state index in [-0.39, 0.29) is 5.91 Å². The third-order valence-electron chi connectivity index (χ3n) is 5.83. The van der Waals surface area contributed by atoms with Gasteiger partial charge in [-0.15, -0.1) is 0 Å². The van der Waals surface area contributed by atoms with Gasteiger partial charge in [-0.1, -0.05) is 55.3 Å². The summed E-state index contributed by atoms with van der Waals surface area (Å²) in [6.07, 6.45) is 5.61. The number of aromatic nitrogens is 1. The van der Waals surface area contributed by atoms with Crippen LogP contribution in [0.3, 0.4) is 0 Å². The first-order valence-corrected chi connectivity index (χ1v) is 12.6. The molecule has 0 radical (unpaired) electrons. The van der Waals surface area contributed by atoms with Crippen molar-refractivity contribution in [2.75, 3.05) is 10.8 Å². The summed E-state index contributed by atoms with van der Waals surface area (Å²) in [7, 11) is -1.32. The zero-order chi connectivity index (χ0) is 23.8. The van der Waals surface area contributed by atoms with Crippen molar-refractivity contribution in [2.45, 2.75) is 37.0 Å². The number of hydrogen-bond donors (Lipinski definition) is 3. The Labute approximate surface area is 202 Å². The molecule has 0 aliphatic heterocycles. The highest BCUT2D eigenvalue weighted by Crippen LogP contribution is 2.28. The van der Waals surface area contributed by atoms with E-state index in [1.54, 1.807) is 5.48 Å². The Morgan fingerprint density at radius 1 is 0.882 bits per heavy atom. The highest BCUT2D eigenvalue weighted by Gasteiger charge is 2.16. The maximum atomic E-state index is 13.4. The summed E-state index contributed by atoms with van der Waals surface area (Å²) < 4.78 is 15.4. The quantitative estimate of drug-likeness (QED) is 0.145. The van der Waals surface area contributed by atoms with Gasteiger partial charge in [0, 0.05) is 30.4 Å². The number of rotatable bonds is 11. The van der Waals surface area contributed by atoms with Crippen LogP contribution in [0.5, 0.6) is 0 Å². The molecule has 0 aliphatic rings. The number of carbonyl (C=O) groups excluding carboxylic acids is 1. The van der Waals surface area contributed by atoms with Crippen LogP contribution in [0.2, 0.25) is 0 Å². The minimum Gasteiger partial charge on any atom is -0.361 e. The first-order valence-electron chi connectivity index (χ1n) is 11.5. The van der Waals surface area contributed by atoms with E-state index in [4.69, 9.17) is 5.21 Å². The molecule has 3 N–H and O–H groups in total. The molecule has 4 aromatic rings. The van der Waals surface area contributed by atoms with Crippen LogP contribution in [0.25, 0.3) is 22.0 Å². The number of fused-ring (bicyclic) bond motifs is 1. The number of amides is 1. The summed E-state index contributed by atoms with van der Waals surface area (Å²) >= 11 is 0. The molecule has 0 fully saturated rings. The van der Waals surface area contributed by atoms with E-state index in [0.717, 1.165) is 46.5 Å². The summed E-state index contributed by atoms with van der Waals surface area (Å²) in [6.45, 7) is 0.640. The van der Waals surface area contributed by atoms with E-state index in [1.807, 2.05) is 53.0 Å². The highest BCUT2D eigenvalue weighted by molar-refractivity contribution is 7.86. The van der Waals surface area contributed by atoms with Crippen molar-refractivity contribution in [1.29, 1.82) is 0 Å². The lowest BCUT2D eigenvalue weighted by molar-refractivity contribution is -0.129. The van der Waals surface area contributed by atoms with Gasteiger partial charge in [0.05, 0.1) is 4.90 Å². The number of unbranched alkanes of at least 4 members (excludes halogenated alkanes) is 3. The van der Waals surface area contributed by atoms with Gasteiger partial charge in [0.1, 0.15) is 0 Å². The average molecular weight is 476 g/mol. The Morgan fingerprint density at radius 3 is 2.38 bits per heavy atom. The van der Waals surface area contributed by atoms with E-state index in [2.05, 4.69) is 41.4 Å². The van der Waals surface area contributed by atoms with E-state index >= 15 is 0 Å². The highest BCUT2D eigenvalue weighted by atomic mass is 32.2. The van der Waals surface area contributed by atoms with Crippen LogP contribution < -0.4 is 9.79 Å². The largest absolute Gasteiger partial charge is 0.361 e. The van der Waals surface area contributed by atoms with Gasteiger partial charge in [-0.05, 0) is 65.8 Å². The minimum absolute atomic E-state index is 0.311. The number of H-pyrrole nitrogens is 1. The molecule has 4 rings (SSSR count). The summed E-state index contributed by atoms with van der Waals surface area (Å²) in [5.74, 6) is -0.359. The number of hydroxylamine groups is 1. The van der Waals surface area contributed by atoms with E-state index in [0.29, 0.717) is 19.4 Å². The average Bonchev–Trinajstić information content (AvgIpc) is 3.36. The molecular weight excluding hydrogens is 446 g/mol. The third-order valence-corrected chi connectivity index (χ3v) is 7.30. The lowest BCUT2D eigenvalue weighted by atomic mass is 10.0. The Hall–Kier alpha value is -3.42. The van der Waals surface area contributed by atoms with Crippen LogP contribution in [-0.4, -0.2) is 26.9 Å². The van der Waals surface area contributed by atoms with E-state index in [1.165, 1.54) is 5.39 Å². The topological polar surface area (TPSA) is 85.4 Å². The number of benzene rings is 3. The van der Waals surface area contributed by atoms with Crippen molar-refractivity contribution in [3.63, 3.8) is 0 Å².